The number of fused-ring (bicyclic) bond motifs is 3. The molecular formula is C55H39N. The fourth-order valence-electron chi connectivity index (χ4n) is 8.25. The van der Waals surface area contributed by atoms with Gasteiger partial charge in [-0.3, -0.25) is 0 Å². The van der Waals surface area contributed by atoms with Crippen LogP contribution in [0.1, 0.15) is 33.2 Å². The Labute approximate surface area is 340 Å². The average molecular weight is 722 g/mol. The van der Waals surface area contributed by atoms with Crippen LogP contribution < -0.4 is 4.90 Å². The summed E-state index contributed by atoms with van der Waals surface area (Å²) >= 11 is 0. The van der Waals surface area contributed by atoms with Gasteiger partial charge in [0.25, 0.3) is 0 Å². The van der Waals surface area contributed by atoms with Gasteiger partial charge in [-0.1, -0.05) is 200 Å². The summed E-state index contributed by atoms with van der Waals surface area (Å²) in [4.78, 5) is 1.38. The Hall–Kier alpha value is -7.22. The van der Waals surface area contributed by atoms with Gasteiger partial charge in [0, 0.05) is 17.1 Å². The summed E-state index contributed by atoms with van der Waals surface area (Å²) in [5.41, 5.74) is 8.77. The predicted molar refractivity (Wildman–Crippen MR) is 235 cm³/mol. The zero-order valence-corrected chi connectivity index (χ0v) is 30.3. The Balaban J connectivity index is 1.25. The Morgan fingerprint density at radius 3 is 1.30 bits per heavy atom. The first kappa shape index (κ1) is 25.7. The normalized spacial score (nSPS) is 14.4. The molecule has 264 valence electrons. The Morgan fingerprint density at radius 1 is 0.321 bits per heavy atom. The van der Waals surface area contributed by atoms with E-state index >= 15 is 0 Å². The van der Waals surface area contributed by atoms with E-state index in [2.05, 4.69) is 84.9 Å². The van der Waals surface area contributed by atoms with Gasteiger partial charge in [0.15, 0.2) is 0 Å². The number of anilines is 3. The van der Waals surface area contributed by atoms with Crippen LogP contribution in [0.2, 0.25) is 0 Å². The molecule has 0 aromatic heterocycles. The van der Waals surface area contributed by atoms with E-state index in [4.69, 9.17) is 0 Å². The highest BCUT2D eigenvalue weighted by molar-refractivity contribution is 5.96. The zero-order valence-electron chi connectivity index (χ0n) is 38.3. The van der Waals surface area contributed by atoms with E-state index in [1.165, 1.54) is 4.90 Å². The van der Waals surface area contributed by atoms with Crippen molar-refractivity contribution in [2.45, 2.75) is 5.41 Å². The van der Waals surface area contributed by atoms with E-state index in [-0.39, 0.29) is 70.8 Å². The molecule has 9 aromatic rings. The largest absolute Gasteiger partial charge is 0.310 e. The molecular weight excluding hydrogens is 675 g/mol. The molecule has 0 bridgehead atoms. The van der Waals surface area contributed by atoms with Crippen molar-refractivity contribution >= 4 is 17.1 Å². The lowest BCUT2D eigenvalue weighted by Gasteiger charge is -2.34. The van der Waals surface area contributed by atoms with Gasteiger partial charge in [-0.05, 0) is 103 Å². The molecule has 1 aliphatic rings. The molecule has 10 rings (SSSR count). The minimum absolute atomic E-state index is 0.117. The number of hydrogen-bond acceptors (Lipinski definition) is 1. The standard InChI is InChI=1S/C55H39N/c1-5-17-40(18-6-1)42-31-35-47(36-32-42)56(48-37-33-43(34-38-48)41-19-7-2-8-20-41)49-26-15-21-44(39-49)50-28-16-30-53-54(50)51-27-13-14-29-52(51)55(53,45-22-9-3-10-23-45)46-24-11-4-12-25-46/h1-39H/i31D,32D,33D,34D,35D,36D,37D,38D. The molecule has 56 heavy (non-hydrogen) atoms. The van der Waals surface area contributed by atoms with Crippen molar-refractivity contribution in [2.75, 3.05) is 4.90 Å². The zero-order chi connectivity index (χ0) is 44.3. The molecule has 0 aliphatic heterocycles. The predicted octanol–water partition coefficient (Wildman–Crippen LogP) is 14.5. The molecule has 0 atom stereocenters. The first-order valence-electron chi connectivity index (χ1n) is 22.7. The minimum Gasteiger partial charge on any atom is -0.310 e. The number of rotatable bonds is 8. The number of nitrogens with zero attached hydrogens (tertiary/aromatic N) is 1. The van der Waals surface area contributed by atoms with E-state index in [1.807, 2.05) is 48.5 Å². The summed E-state index contributed by atoms with van der Waals surface area (Å²) in [6.07, 6.45) is 0. The third-order valence-electron chi connectivity index (χ3n) is 10.7. The van der Waals surface area contributed by atoms with Gasteiger partial charge in [0.2, 0.25) is 0 Å². The topological polar surface area (TPSA) is 3.24 Å². The molecule has 0 heterocycles. The van der Waals surface area contributed by atoms with Crippen LogP contribution in [0.4, 0.5) is 17.1 Å². The van der Waals surface area contributed by atoms with Crippen LogP contribution in [0.3, 0.4) is 0 Å². The van der Waals surface area contributed by atoms with Crippen molar-refractivity contribution in [1.29, 1.82) is 0 Å². The second kappa shape index (κ2) is 14.2. The highest BCUT2D eigenvalue weighted by atomic mass is 15.1. The lowest BCUT2D eigenvalue weighted by Crippen LogP contribution is -2.28. The SMILES string of the molecule is [2H]c1c([2H])c(N(c2cccc(-c3cccc4c3-c3ccccc3C4(c3ccccc3)c3ccccc3)c2)c2c([2H])c([2H])c(-c3ccccc3)c([2H])c2[2H])c([2H])c([2H])c1-c1ccccc1. The molecule has 0 amide bonds. The number of hydrogen-bond donors (Lipinski definition) is 0. The van der Waals surface area contributed by atoms with Gasteiger partial charge in [-0.25, -0.2) is 0 Å². The lowest BCUT2D eigenvalue weighted by atomic mass is 9.67. The molecule has 0 saturated heterocycles. The highest BCUT2D eigenvalue weighted by Gasteiger charge is 2.46. The van der Waals surface area contributed by atoms with Gasteiger partial charge in [-0.15, -0.1) is 0 Å². The molecule has 0 unspecified atom stereocenters. The summed E-state index contributed by atoms with van der Waals surface area (Å²) in [7, 11) is 0. The van der Waals surface area contributed by atoms with Gasteiger partial charge >= 0.3 is 0 Å². The smallest absolute Gasteiger partial charge is 0.0713 e. The summed E-state index contributed by atoms with van der Waals surface area (Å²) in [5.74, 6) is 0. The second-order valence-electron chi connectivity index (χ2n) is 13.8. The molecule has 1 heteroatoms. The second-order valence-corrected chi connectivity index (χ2v) is 13.8. The molecule has 0 N–H and O–H groups in total. The van der Waals surface area contributed by atoms with Crippen molar-refractivity contribution in [1.82, 2.24) is 0 Å². The Morgan fingerprint density at radius 2 is 0.750 bits per heavy atom. The minimum atomic E-state index is -0.653. The summed E-state index contributed by atoms with van der Waals surface area (Å²) in [5, 5.41) is 0. The summed E-state index contributed by atoms with van der Waals surface area (Å²) in [6.45, 7) is 0. The Bertz CT molecular complexity index is 3040. The molecule has 0 radical (unpaired) electrons. The third kappa shape index (κ3) is 5.65. The summed E-state index contributed by atoms with van der Waals surface area (Å²) in [6, 6.07) is 58.1. The van der Waals surface area contributed by atoms with Gasteiger partial charge < -0.3 is 4.90 Å². The maximum atomic E-state index is 9.53. The fourth-order valence-corrected chi connectivity index (χ4v) is 8.25. The van der Waals surface area contributed by atoms with Crippen LogP contribution in [-0.4, -0.2) is 0 Å². The van der Waals surface area contributed by atoms with Gasteiger partial charge in [0.1, 0.15) is 0 Å². The van der Waals surface area contributed by atoms with E-state index in [0.29, 0.717) is 16.8 Å². The third-order valence-corrected chi connectivity index (χ3v) is 10.7. The highest BCUT2D eigenvalue weighted by Crippen LogP contribution is 2.58. The molecule has 1 aliphatic carbocycles. The van der Waals surface area contributed by atoms with Crippen molar-refractivity contribution in [3.63, 3.8) is 0 Å². The van der Waals surface area contributed by atoms with Crippen LogP contribution in [0.5, 0.6) is 0 Å². The van der Waals surface area contributed by atoms with Crippen LogP contribution in [0, 0.1) is 0 Å². The molecule has 1 nitrogen and oxygen atoms in total. The molecule has 9 aromatic carbocycles. The van der Waals surface area contributed by atoms with Crippen molar-refractivity contribution < 1.29 is 11.0 Å². The first-order chi connectivity index (χ1) is 31.1. The van der Waals surface area contributed by atoms with E-state index in [0.717, 1.165) is 44.5 Å². The molecule has 0 spiro atoms. The van der Waals surface area contributed by atoms with Crippen LogP contribution in [0.15, 0.2) is 236 Å². The van der Waals surface area contributed by atoms with Crippen molar-refractivity contribution in [3.05, 3.63) is 259 Å². The average Bonchev–Trinajstić information content (AvgIpc) is 3.65. The van der Waals surface area contributed by atoms with Crippen molar-refractivity contribution in [3.8, 4) is 44.5 Å². The van der Waals surface area contributed by atoms with E-state index in [9.17, 15) is 11.0 Å². The summed E-state index contributed by atoms with van der Waals surface area (Å²) < 4.78 is 75.3. The fraction of sp³-hybridized carbons (Fsp3) is 0.0182. The van der Waals surface area contributed by atoms with Gasteiger partial charge in [0.05, 0.1) is 16.4 Å². The lowest BCUT2D eigenvalue weighted by molar-refractivity contribution is 0.768. The number of benzene rings is 9. The maximum absolute atomic E-state index is 9.53. The van der Waals surface area contributed by atoms with E-state index < -0.39 is 5.41 Å². The maximum Gasteiger partial charge on any atom is 0.0713 e. The first-order valence-corrected chi connectivity index (χ1v) is 18.7. The van der Waals surface area contributed by atoms with Crippen LogP contribution in [0.25, 0.3) is 44.5 Å². The van der Waals surface area contributed by atoms with Gasteiger partial charge in [-0.2, -0.15) is 0 Å². The Kier molecular flexibility index (Phi) is 6.53. The molecule has 0 saturated carbocycles. The molecule has 0 fully saturated rings. The quantitative estimate of drug-likeness (QED) is 0.151. The van der Waals surface area contributed by atoms with Crippen molar-refractivity contribution in [2.24, 2.45) is 0 Å². The van der Waals surface area contributed by atoms with E-state index in [1.54, 1.807) is 54.6 Å². The van der Waals surface area contributed by atoms with Crippen LogP contribution in [-0.2, 0) is 5.41 Å². The van der Waals surface area contributed by atoms with Crippen LogP contribution >= 0.6 is 0 Å². The monoisotopic (exact) mass is 721 g/mol.